The quantitative estimate of drug-likeness (QED) is 0.738. The maximum Gasteiger partial charge on any atom is 0.260 e. The second kappa shape index (κ2) is 5.71. The van der Waals surface area contributed by atoms with E-state index in [2.05, 4.69) is 9.97 Å². The molecule has 0 atom stereocenters. The summed E-state index contributed by atoms with van der Waals surface area (Å²) < 4.78 is 0. The number of aromatic nitrogens is 2. The van der Waals surface area contributed by atoms with Crippen LogP contribution >= 0.6 is 0 Å². The van der Waals surface area contributed by atoms with Crippen molar-refractivity contribution in [2.24, 2.45) is 0 Å². The number of carbonyl (C=O) groups excluding carboxylic acids is 1. The summed E-state index contributed by atoms with van der Waals surface area (Å²) in [5.74, 6) is -0.0604. The highest BCUT2D eigenvalue weighted by molar-refractivity contribution is 6.12. The molecule has 0 radical (unpaired) electrons. The smallest absolute Gasteiger partial charge is 0.260 e. The summed E-state index contributed by atoms with van der Waals surface area (Å²) in [6, 6.07) is 15.1. The van der Waals surface area contributed by atoms with Crippen LogP contribution in [0.1, 0.15) is 17.3 Å². The van der Waals surface area contributed by atoms with Crippen LogP contribution in [0.2, 0.25) is 0 Å². The molecule has 0 aliphatic rings. The van der Waals surface area contributed by atoms with Gasteiger partial charge in [0.05, 0.1) is 11.1 Å². The van der Waals surface area contributed by atoms with Gasteiger partial charge in [-0.25, -0.2) is 0 Å². The summed E-state index contributed by atoms with van der Waals surface area (Å²) in [4.78, 5) is 23.1. The van der Waals surface area contributed by atoms with Crippen LogP contribution < -0.4 is 4.90 Å². The minimum absolute atomic E-state index is 0.0604. The zero-order valence-electron chi connectivity index (χ0n) is 11.7. The van der Waals surface area contributed by atoms with E-state index < -0.39 is 0 Å². The molecule has 0 bridgehead atoms. The van der Waals surface area contributed by atoms with Gasteiger partial charge in [0.1, 0.15) is 5.52 Å². The van der Waals surface area contributed by atoms with Gasteiger partial charge in [-0.2, -0.15) is 0 Å². The van der Waals surface area contributed by atoms with E-state index >= 15 is 0 Å². The first kappa shape index (κ1) is 13.2. The zero-order chi connectivity index (χ0) is 14.7. The highest BCUT2D eigenvalue weighted by Crippen LogP contribution is 2.20. The van der Waals surface area contributed by atoms with E-state index in [1.807, 2.05) is 49.4 Å². The van der Waals surface area contributed by atoms with Crippen molar-refractivity contribution in [2.45, 2.75) is 6.92 Å². The fourth-order valence-electron chi connectivity index (χ4n) is 2.36. The standard InChI is InChI=1S/C17H15N3O/c1-2-20(13-7-4-3-5-8-13)17(21)14-9-6-10-15-16(14)19-12-11-18-15/h3-12H,2H2,1H3. The fraction of sp³-hybridized carbons (Fsp3) is 0.118. The number of hydrogen-bond acceptors (Lipinski definition) is 3. The Labute approximate surface area is 123 Å². The number of benzene rings is 2. The SMILES string of the molecule is CCN(C(=O)c1cccc2nccnc12)c1ccccc1. The average molecular weight is 277 g/mol. The summed E-state index contributed by atoms with van der Waals surface area (Å²) in [7, 11) is 0. The minimum atomic E-state index is -0.0604. The van der Waals surface area contributed by atoms with Gasteiger partial charge in [0.2, 0.25) is 0 Å². The van der Waals surface area contributed by atoms with Crippen molar-refractivity contribution in [1.29, 1.82) is 0 Å². The molecule has 0 N–H and O–H groups in total. The zero-order valence-corrected chi connectivity index (χ0v) is 11.7. The number of carbonyl (C=O) groups is 1. The van der Waals surface area contributed by atoms with E-state index in [1.165, 1.54) is 0 Å². The number of amides is 1. The molecule has 104 valence electrons. The van der Waals surface area contributed by atoms with Gasteiger partial charge in [-0.15, -0.1) is 0 Å². The van der Waals surface area contributed by atoms with Gasteiger partial charge < -0.3 is 4.90 Å². The highest BCUT2D eigenvalue weighted by Gasteiger charge is 2.18. The molecule has 0 aliphatic carbocycles. The van der Waals surface area contributed by atoms with E-state index in [0.717, 1.165) is 11.2 Å². The van der Waals surface area contributed by atoms with Crippen LogP contribution in [0.25, 0.3) is 11.0 Å². The molecule has 0 saturated carbocycles. The minimum Gasteiger partial charge on any atom is -0.309 e. The van der Waals surface area contributed by atoms with Gasteiger partial charge in [0.15, 0.2) is 0 Å². The predicted octanol–water partition coefficient (Wildman–Crippen LogP) is 3.30. The Morgan fingerprint density at radius 3 is 2.52 bits per heavy atom. The van der Waals surface area contributed by atoms with E-state index in [4.69, 9.17) is 0 Å². The first-order chi connectivity index (χ1) is 10.3. The van der Waals surface area contributed by atoms with Gasteiger partial charge >= 0.3 is 0 Å². The monoisotopic (exact) mass is 277 g/mol. The van der Waals surface area contributed by atoms with Gasteiger partial charge in [0, 0.05) is 24.6 Å². The molecule has 0 saturated heterocycles. The Bertz CT molecular complexity index is 766. The summed E-state index contributed by atoms with van der Waals surface area (Å²) in [6.45, 7) is 2.56. The summed E-state index contributed by atoms with van der Waals surface area (Å²) in [5.41, 5.74) is 2.82. The number of anilines is 1. The van der Waals surface area contributed by atoms with Crippen LogP contribution in [0.3, 0.4) is 0 Å². The van der Waals surface area contributed by atoms with Gasteiger partial charge in [-0.3, -0.25) is 14.8 Å². The van der Waals surface area contributed by atoms with Crippen molar-refractivity contribution in [1.82, 2.24) is 9.97 Å². The average Bonchev–Trinajstić information content (AvgIpc) is 2.56. The summed E-state index contributed by atoms with van der Waals surface area (Å²) >= 11 is 0. The number of fused-ring (bicyclic) bond motifs is 1. The number of nitrogens with zero attached hydrogens (tertiary/aromatic N) is 3. The second-order valence-corrected chi connectivity index (χ2v) is 4.61. The third-order valence-corrected chi connectivity index (χ3v) is 3.36. The first-order valence-corrected chi connectivity index (χ1v) is 6.88. The van der Waals surface area contributed by atoms with E-state index in [1.54, 1.807) is 23.4 Å². The molecular weight excluding hydrogens is 262 g/mol. The Morgan fingerprint density at radius 2 is 1.76 bits per heavy atom. The lowest BCUT2D eigenvalue weighted by molar-refractivity contribution is 0.0989. The Balaban J connectivity index is 2.07. The molecule has 0 spiro atoms. The van der Waals surface area contributed by atoms with E-state index in [-0.39, 0.29) is 5.91 Å². The van der Waals surface area contributed by atoms with E-state index in [0.29, 0.717) is 17.6 Å². The molecule has 0 unspecified atom stereocenters. The van der Waals surface area contributed by atoms with Crippen molar-refractivity contribution < 1.29 is 4.79 Å². The van der Waals surface area contributed by atoms with Crippen LogP contribution in [0.4, 0.5) is 5.69 Å². The molecule has 1 amide bonds. The largest absolute Gasteiger partial charge is 0.309 e. The Morgan fingerprint density at radius 1 is 1.00 bits per heavy atom. The van der Waals surface area contributed by atoms with Crippen LogP contribution in [-0.4, -0.2) is 22.4 Å². The molecule has 1 aromatic heterocycles. The first-order valence-electron chi connectivity index (χ1n) is 6.88. The van der Waals surface area contributed by atoms with Crippen LogP contribution in [0.15, 0.2) is 60.9 Å². The molecule has 2 aromatic carbocycles. The predicted molar refractivity (Wildman–Crippen MR) is 83.3 cm³/mol. The molecule has 21 heavy (non-hydrogen) atoms. The fourth-order valence-corrected chi connectivity index (χ4v) is 2.36. The molecule has 0 fully saturated rings. The third-order valence-electron chi connectivity index (χ3n) is 3.36. The topological polar surface area (TPSA) is 46.1 Å². The normalized spacial score (nSPS) is 10.5. The summed E-state index contributed by atoms with van der Waals surface area (Å²) in [5, 5.41) is 0. The number of hydrogen-bond donors (Lipinski definition) is 0. The van der Waals surface area contributed by atoms with Crippen LogP contribution in [0, 0.1) is 0 Å². The molecule has 3 rings (SSSR count). The highest BCUT2D eigenvalue weighted by atomic mass is 16.2. The lowest BCUT2D eigenvalue weighted by Gasteiger charge is -2.21. The van der Waals surface area contributed by atoms with Crippen molar-refractivity contribution in [3.8, 4) is 0 Å². The molecule has 4 nitrogen and oxygen atoms in total. The maximum absolute atomic E-state index is 12.8. The third kappa shape index (κ3) is 2.48. The molecule has 3 aromatic rings. The number of rotatable bonds is 3. The Hall–Kier alpha value is -2.75. The second-order valence-electron chi connectivity index (χ2n) is 4.61. The summed E-state index contributed by atoms with van der Waals surface area (Å²) in [6.07, 6.45) is 3.24. The van der Waals surface area contributed by atoms with Gasteiger partial charge in [0.25, 0.3) is 5.91 Å². The van der Waals surface area contributed by atoms with Crippen LogP contribution in [0.5, 0.6) is 0 Å². The van der Waals surface area contributed by atoms with Crippen molar-refractivity contribution >= 4 is 22.6 Å². The van der Waals surface area contributed by atoms with Crippen molar-refractivity contribution in [3.05, 3.63) is 66.5 Å². The van der Waals surface area contributed by atoms with Crippen molar-refractivity contribution in [2.75, 3.05) is 11.4 Å². The van der Waals surface area contributed by atoms with Gasteiger partial charge in [-0.05, 0) is 31.2 Å². The molecule has 1 heterocycles. The molecular formula is C17H15N3O. The lowest BCUT2D eigenvalue weighted by atomic mass is 10.1. The lowest BCUT2D eigenvalue weighted by Crippen LogP contribution is -2.30. The number of para-hydroxylation sites is 2. The maximum atomic E-state index is 12.8. The molecule has 0 aliphatic heterocycles. The molecule has 4 heteroatoms. The van der Waals surface area contributed by atoms with E-state index in [9.17, 15) is 4.79 Å². The Kier molecular flexibility index (Phi) is 3.60. The van der Waals surface area contributed by atoms with Crippen molar-refractivity contribution in [3.63, 3.8) is 0 Å². The van der Waals surface area contributed by atoms with Crippen LogP contribution in [-0.2, 0) is 0 Å². The van der Waals surface area contributed by atoms with Gasteiger partial charge in [-0.1, -0.05) is 24.3 Å².